The number of rotatable bonds is 7. The van der Waals surface area contributed by atoms with Crippen LogP contribution in [-0.4, -0.2) is 49.4 Å². The number of aromatic nitrogens is 4. The molecule has 4 rings (SSSR count). The fourth-order valence-electron chi connectivity index (χ4n) is 4.15. The molecule has 37 heavy (non-hydrogen) atoms. The van der Waals surface area contributed by atoms with Gasteiger partial charge in [-0.25, -0.2) is 18.9 Å². The van der Waals surface area contributed by atoms with Crippen molar-refractivity contribution in [3.63, 3.8) is 0 Å². The maximum atomic E-state index is 14.7. The Morgan fingerprint density at radius 1 is 1.19 bits per heavy atom. The van der Waals surface area contributed by atoms with E-state index in [1.54, 1.807) is 30.6 Å². The van der Waals surface area contributed by atoms with Crippen LogP contribution in [0, 0.1) is 5.82 Å². The highest BCUT2D eigenvalue weighted by Gasteiger charge is 2.29. The van der Waals surface area contributed by atoms with E-state index in [1.807, 2.05) is 20.8 Å². The van der Waals surface area contributed by atoms with Crippen LogP contribution in [0.1, 0.15) is 56.8 Å². The number of ether oxygens (including phenoxy) is 1. The number of hydrogen-bond donors (Lipinski definition) is 4. The first-order chi connectivity index (χ1) is 17.6. The van der Waals surface area contributed by atoms with Crippen molar-refractivity contribution in [2.24, 2.45) is 5.73 Å². The van der Waals surface area contributed by atoms with Gasteiger partial charge >= 0.3 is 6.09 Å². The van der Waals surface area contributed by atoms with Crippen molar-refractivity contribution in [2.75, 3.05) is 10.6 Å². The quantitative estimate of drug-likeness (QED) is 0.374. The molecule has 196 valence electrons. The fraction of sp³-hybridized carbons (Fsp3) is 0.400. The van der Waals surface area contributed by atoms with E-state index in [0.29, 0.717) is 5.69 Å². The van der Waals surface area contributed by atoms with Gasteiger partial charge in [0, 0.05) is 30.3 Å². The lowest BCUT2D eigenvalue weighted by atomic mass is 9.90. The first kappa shape index (κ1) is 25.9. The van der Waals surface area contributed by atoms with Crippen molar-refractivity contribution >= 4 is 29.5 Å². The van der Waals surface area contributed by atoms with Crippen LogP contribution in [0.25, 0.3) is 5.69 Å². The molecule has 1 aliphatic rings. The Labute approximate surface area is 214 Å². The minimum absolute atomic E-state index is 0.0502. The molecule has 0 spiro atoms. The molecule has 3 aromatic rings. The smallest absolute Gasteiger partial charge is 0.407 e. The highest BCUT2D eigenvalue weighted by Crippen LogP contribution is 2.25. The van der Waals surface area contributed by atoms with E-state index in [2.05, 4.69) is 31.0 Å². The van der Waals surface area contributed by atoms with Gasteiger partial charge in [0.2, 0.25) is 5.95 Å². The van der Waals surface area contributed by atoms with Crippen LogP contribution in [0.15, 0.2) is 42.9 Å². The van der Waals surface area contributed by atoms with Crippen LogP contribution >= 0.6 is 0 Å². The van der Waals surface area contributed by atoms with Gasteiger partial charge in [0.15, 0.2) is 5.82 Å². The van der Waals surface area contributed by atoms with E-state index in [4.69, 9.17) is 10.5 Å². The average Bonchev–Trinajstić information content (AvgIpc) is 3.34. The molecule has 2 amide bonds. The lowest BCUT2D eigenvalue weighted by Gasteiger charge is -2.33. The molecule has 0 saturated heterocycles. The van der Waals surface area contributed by atoms with Crippen molar-refractivity contribution < 1.29 is 18.7 Å². The van der Waals surface area contributed by atoms with E-state index in [9.17, 15) is 14.0 Å². The topological polar surface area (TPSA) is 149 Å². The summed E-state index contributed by atoms with van der Waals surface area (Å²) in [6.45, 7) is 5.42. The molecule has 1 saturated carbocycles. The summed E-state index contributed by atoms with van der Waals surface area (Å²) in [5, 5.41) is 13.2. The van der Waals surface area contributed by atoms with Crippen LogP contribution in [0.5, 0.6) is 0 Å². The summed E-state index contributed by atoms with van der Waals surface area (Å²) in [5.41, 5.74) is 5.60. The maximum absolute atomic E-state index is 14.7. The molecule has 0 aliphatic heterocycles. The molecule has 0 radical (unpaired) electrons. The standard InChI is InChI=1S/C25H31FN8O3/c1-25(2,3)37-24(36)32-19-8-5-4-7-18(19)31-23-28-14-16(21(27)35)22(33-23)30-15-9-10-20(17(26)13-15)34-12-6-11-29-34/h6,9-14,18-19H,4-5,7-8H2,1-3H3,(H2,27,35)(H,32,36)(H2,28,30,31,33)/t18-,19+/m1/s1. The maximum Gasteiger partial charge on any atom is 0.407 e. The van der Waals surface area contributed by atoms with Crippen molar-refractivity contribution in [3.05, 3.63) is 54.2 Å². The number of halogens is 1. The van der Waals surface area contributed by atoms with Gasteiger partial charge < -0.3 is 26.4 Å². The SMILES string of the molecule is CC(C)(C)OC(=O)N[C@H]1CCCC[C@H]1Nc1ncc(C(N)=O)c(Nc2ccc(-n3cccn3)c(F)c2)n1. The normalized spacial score (nSPS) is 17.6. The van der Waals surface area contributed by atoms with Crippen LogP contribution in [0.3, 0.4) is 0 Å². The summed E-state index contributed by atoms with van der Waals surface area (Å²) in [7, 11) is 0. The second-order valence-electron chi connectivity index (χ2n) is 9.85. The number of benzene rings is 1. The van der Waals surface area contributed by atoms with Crippen molar-refractivity contribution in [1.82, 2.24) is 25.1 Å². The Kier molecular flexibility index (Phi) is 7.55. The minimum Gasteiger partial charge on any atom is -0.444 e. The van der Waals surface area contributed by atoms with Crippen LogP contribution < -0.4 is 21.7 Å². The Hall–Kier alpha value is -4.22. The number of anilines is 3. The Morgan fingerprint density at radius 3 is 2.59 bits per heavy atom. The number of carbonyl (C=O) groups excluding carboxylic acids is 2. The summed E-state index contributed by atoms with van der Waals surface area (Å²) >= 11 is 0. The first-order valence-corrected chi connectivity index (χ1v) is 12.1. The molecule has 2 aromatic heterocycles. The van der Waals surface area contributed by atoms with Crippen molar-refractivity contribution in [2.45, 2.75) is 64.1 Å². The third-order valence-electron chi connectivity index (χ3n) is 5.80. The monoisotopic (exact) mass is 510 g/mol. The zero-order valence-corrected chi connectivity index (χ0v) is 21.0. The average molecular weight is 511 g/mol. The van der Waals surface area contributed by atoms with Gasteiger partial charge in [-0.2, -0.15) is 10.1 Å². The molecule has 2 heterocycles. The number of hydrogen-bond acceptors (Lipinski definition) is 8. The van der Waals surface area contributed by atoms with Gasteiger partial charge in [-0.3, -0.25) is 4.79 Å². The number of amides is 2. The van der Waals surface area contributed by atoms with Crippen molar-refractivity contribution in [3.8, 4) is 5.69 Å². The number of primary amides is 1. The second-order valence-corrected chi connectivity index (χ2v) is 9.85. The molecule has 0 unspecified atom stereocenters. The first-order valence-electron chi connectivity index (χ1n) is 12.1. The van der Waals surface area contributed by atoms with Crippen LogP contribution in [-0.2, 0) is 4.74 Å². The third-order valence-corrected chi connectivity index (χ3v) is 5.80. The van der Waals surface area contributed by atoms with E-state index in [-0.39, 0.29) is 35.1 Å². The largest absolute Gasteiger partial charge is 0.444 e. The number of nitrogens with zero attached hydrogens (tertiary/aromatic N) is 4. The molecule has 0 bridgehead atoms. The van der Waals surface area contributed by atoms with Crippen LogP contribution in [0.2, 0.25) is 0 Å². The highest BCUT2D eigenvalue weighted by molar-refractivity contribution is 5.98. The van der Waals surface area contributed by atoms with E-state index >= 15 is 0 Å². The molecular formula is C25H31FN8O3. The number of carbonyl (C=O) groups is 2. The van der Waals surface area contributed by atoms with Gasteiger partial charge in [0.05, 0.1) is 6.04 Å². The molecule has 12 heteroatoms. The van der Waals surface area contributed by atoms with E-state index in [0.717, 1.165) is 25.7 Å². The zero-order chi connectivity index (χ0) is 26.6. The molecule has 1 fully saturated rings. The molecular weight excluding hydrogens is 479 g/mol. The Bertz CT molecular complexity index is 1260. The third kappa shape index (κ3) is 6.72. The minimum atomic E-state index is -0.732. The van der Waals surface area contributed by atoms with Crippen molar-refractivity contribution in [1.29, 1.82) is 0 Å². The van der Waals surface area contributed by atoms with E-state index < -0.39 is 23.4 Å². The molecule has 1 aliphatic carbocycles. The highest BCUT2D eigenvalue weighted by atomic mass is 19.1. The van der Waals surface area contributed by atoms with Crippen LogP contribution in [0.4, 0.5) is 26.6 Å². The molecule has 2 atom stereocenters. The lowest BCUT2D eigenvalue weighted by Crippen LogP contribution is -2.50. The number of nitrogens with two attached hydrogens (primary N) is 1. The van der Waals surface area contributed by atoms with Gasteiger partial charge in [-0.1, -0.05) is 12.8 Å². The fourth-order valence-corrected chi connectivity index (χ4v) is 4.15. The summed E-state index contributed by atoms with van der Waals surface area (Å²) < 4.78 is 21.5. The summed E-state index contributed by atoms with van der Waals surface area (Å²) in [4.78, 5) is 33.0. The molecule has 1 aromatic carbocycles. The summed E-state index contributed by atoms with van der Waals surface area (Å²) in [5.74, 6) is -0.877. The molecule has 5 N–H and O–H groups in total. The summed E-state index contributed by atoms with van der Waals surface area (Å²) in [6.07, 6.45) is 7.50. The predicted octanol–water partition coefficient (Wildman–Crippen LogP) is 3.89. The van der Waals surface area contributed by atoms with Gasteiger partial charge in [0.25, 0.3) is 5.91 Å². The molecule has 11 nitrogen and oxygen atoms in total. The Morgan fingerprint density at radius 2 is 1.95 bits per heavy atom. The number of alkyl carbamates (subject to hydrolysis) is 1. The zero-order valence-electron chi connectivity index (χ0n) is 21.0. The van der Waals surface area contributed by atoms with Gasteiger partial charge in [0.1, 0.15) is 22.7 Å². The van der Waals surface area contributed by atoms with E-state index in [1.165, 1.54) is 16.9 Å². The Balaban J connectivity index is 1.52. The second kappa shape index (κ2) is 10.8. The lowest BCUT2D eigenvalue weighted by molar-refractivity contribution is 0.0488. The van der Waals surface area contributed by atoms with Gasteiger partial charge in [-0.15, -0.1) is 0 Å². The predicted molar refractivity (Wildman–Crippen MR) is 136 cm³/mol. The number of nitrogens with one attached hydrogen (secondary N) is 3. The van der Waals surface area contributed by atoms with Gasteiger partial charge in [-0.05, 0) is 57.9 Å². The summed E-state index contributed by atoms with van der Waals surface area (Å²) in [6, 6.07) is 5.83.